The second kappa shape index (κ2) is 7.07. The van der Waals surface area contributed by atoms with E-state index < -0.39 is 5.97 Å². The topological polar surface area (TPSA) is 82.8 Å². The van der Waals surface area contributed by atoms with E-state index in [9.17, 15) is 4.79 Å². The van der Waals surface area contributed by atoms with Crippen LogP contribution >= 0.6 is 11.3 Å². The Morgan fingerprint density at radius 2 is 2.11 bits per heavy atom. The summed E-state index contributed by atoms with van der Waals surface area (Å²) in [7, 11) is 4.48. The van der Waals surface area contributed by atoms with Gasteiger partial charge in [-0.05, 0) is 6.42 Å². The molecule has 0 radical (unpaired) electrons. The van der Waals surface area contributed by atoms with Gasteiger partial charge in [-0.2, -0.15) is 0 Å². The number of anilines is 2. The molecule has 0 bridgehead atoms. The fourth-order valence-electron chi connectivity index (χ4n) is 1.41. The predicted octanol–water partition coefficient (Wildman–Crippen LogP) is 1.57. The van der Waals surface area contributed by atoms with Crippen LogP contribution in [0, 0.1) is 0 Å². The third kappa shape index (κ3) is 3.27. The van der Waals surface area contributed by atoms with Crippen molar-refractivity contribution < 1.29 is 19.0 Å². The van der Waals surface area contributed by atoms with Crippen LogP contribution in [0.1, 0.15) is 16.1 Å². The number of carbonyl (C=O) groups excluding carboxylic acids is 1. The molecule has 3 N–H and O–H groups in total. The van der Waals surface area contributed by atoms with Gasteiger partial charge in [0.05, 0.1) is 14.2 Å². The first-order valence-corrected chi connectivity index (χ1v) is 6.24. The second-order valence-corrected chi connectivity index (χ2v) is 4.49. The average molecular weight is 274 g/mol. The van der Waals surface area contributed by atoms with Crippen LogP contribution in [0.3, 0.4) is 0 Å². The van der Waals surface area contributed by atoms with Crippen LogP contribution in [-0.2, 0) is 9.47 Å². The third-order valence-electron chi connectivity index (χ3n) is 2.29. The van der Waals surface area contributed by atoms with Gasteiger partial charge < -0.3 is 25.3 Å². The van der Waals surface area contributed by atoms with Crippen LogP contribution in [0.2, 0.25) is 0 Å². The highest BCUT2D eigenvalue weighted by atomic mass is 32.1. The van der Waals surface area contributed by atoms with Crippen LogP contribution in [-0.4, -0.2) is 40.5 Å². The lowest BCUT2D eigenvalue weighted by Crippen LogP contribution is -2.04. The number of nitrogen functional groups attached to an aromatic ring is 1. The first-order valence-electron chi connectivity index (χ1n) is 5.43. The number of nitrogens with one attached hydrogen (secondary N) is 1. The van der Waals surface area contributed by atoms with Crippen LogP contribution < -0.4 is 15.8 Å². The molecule has 1 aromatic rings. The van der Waals surface area contributed by atoms with E-state index in [2.05, 4.69) is 10.1 Å². The fraction of sp³-hybridized carbons (Fsp3) is 0.545. The van der Waals surface area contributed by atoms with E-state index in [4.69, 9.17) is 15.2 Å². The van der Waals surface area contributed by atoms with E-state index >= 15 is 0 Å². The van der Waals surface area contributed by atoms with E-state index in [1.165, 1.54) is 25.6 Å². The summed E-state index contributed by atoms with van der Waals surface area (Å²) < 4.78 is 14.8. The molecular weight excluding hydrogens is 256 g/mol. The van der Waals surface area contributed by atoms with Crippen molar-refractivity contribution in [1.82, 2.24) is 0 Å². The zero-order valence-electron chi connectivity index (χ0n) is 10.7. The number of hydrogen-bond donors (Lipinski definition) is 2. The molecule has 7 heteroatoms. The Labute approximate surface area is 110 Å². The molecule has 1 rings (SSSR count). The molecule has 0 spiro atoms. The molecule has 1 heterocycles. The monoisotopic (exact) mass is 274 g/mol. The molecule has 102 valence electrons. The quantitative estimate of drug-likeness (QED) is 0.580. The van der Waals surface area contributed by atoms with Crippen LogP contribution in [0.15, 0.2) is 0 Å². The summed E-state index contributed by atoms with van der Waals surface area (Å²) >= 11 is 1.22. The van der Waals surface area contributed by atoms with E-state index in [-0.39, 0.29) is 0 Å². The zero-order valence-corrected chi connectivity index (χ0v) is 11.6. The van der Waals surface area contributed by atoms with Gasteiger partial charge in [-0.15, -0.1) is 11.3 Å². The SMILES string of the molecule is COCCCNc1sc(C(=O)OC)c(N)c1OC. The van der Waals surface area contributed by atoms with Crippen molar-refractivity contribution in [3.63, 3.8) is 0 Å². The van der Waals surface area contributed by atoms with Crippen molar-refractivity contribution in [3.8, 4) is 5.75 Å². The number of thiophene rings is 1. The van der Waals surface area contributed by atoms with Crippen molar-refractivity contribution in [2.45, 2.75) is 6.42 Å². The van der Waals surface area contributed by atoms with Gasteiger partial charge in [0.2, 0.25) is 0 Å². The Balaban J connectivity index is 2.80. The number of ether oxygens (including phenoxy) is 3. The molecule has 1 aromatic heterocycles. The first-order chi connectivity index (χ1) is 8.65. The molecule has 18 heavy (non-hydrogen) atoms. The molecule has 0 fully saturated rings. The maximum atomic E-state index is 11.5. The van der Waals surface area contributed by atoms with E-state index in [0.717, 1.165) is 11.4 Å². The highest BCUT2D eigenvalue weighted by Crippen LogP contribution is 2.42. The van der Waals surface area contributed by atoms with E-state index in [1.54, 1.807) is 7.11 Å². The minimum Gasteiger partial charge on any atom is -0.492 e. The molecule has 0 saturated heterocycles. The molecule has 0 amide bonds. The molecule has 0 unspecified atom stereocenters. The van der Waals surface area contributed by atoms with Crippen LogP contribution in [0.5, 0.6) is 5.75 Å². The molecule has 0 atom stereocenters. The summed E-state index contributed by atoms with van der Waals surface area (Å²) in [6.45, 7) is 1.38. The fourth-order valence-corrected chi connectivity index (χ4v) is 2.44. The summed E-state index contributed by atoms with van der Waals surface area (Å²) in [6, 6.07) is 0. The molecule has 0 aliphatic rings. The third-order valence-corrected chi connectivity index (χ3v) is 3.41. The predicted molar refractivity (Wildman–Crippen MR) is 71.6 cm³/mol. The summed E-state index contributed by atoms with van der Waals surface area (Å²) in [5, 5.41) is 3.89. The molecule has 0 saturated carbocycles. The van der Waals surface area contributed by atoms with Gasteiger partial charge in [-0.25, -0.2) is 4.79 Å². The van der Waals surface area contributed by atoms with Gasteiger partial charge in [-0.1, -0.05) is 0 Å². The van der Waals surface area contributed by atoms with Gasteiger partial charge in [0.1, 0.15) is 15.6 Å². The normalized spacial score (nSPS) is 10.2. The zero-order chi connectivity index (χ0) is 13.5. The minimum absolute atomic E-state index is 0.309. The lowest BCUT2D eigenvalue weighted by atomic mass is 10.3. The molecule has 0 aromatic carbocycles. The van der Waals surface area contributed by atoms with Crippen molar-refractivity contribution >= 4 is 28.0 Å². The molecule has 0 aliphatic heterocycles. The molecular formula is C11H18N2O4S. The van der Waals surface area contributed by atoms with Crippen molar-refractivity contribution in [2.24, 2.45) is 0 Å². The van der Waals surface area contributed by atoms with Crippen molar-refractivity contribution in [1.29, 1.82) is 0 Å². The second-order valence-electron chi connectivity index (χ2n) is 3.47. The number of hydrogen-bond acceptors (Lipinski definition) is 7. The van der Waals surface area contributed by atoms with Crippen LogP contribution in [0.4, 0.5) is 10.7 Å². The summed E-state index contributed by atoms with van der Waals surface area (Å²) in [6.07, 6.45) is 0.852. The maximum Gasteiger partial charge on any atom is 0.350 e. The van der Waals surface area contributed by atoms with Crippen LogP contribution in [0.25, 0.3) is 0 Å². The van der Waals surface area contributed by atoms with Gasteiger partial charge in [0, 0.05) is 20.3 Å². The largest absolute Gasteiger partial charge is 0.492 e. The van der Waals surface area contributed by atoms with E-state index in [0.29, 0.717) is 29.5 Å². The minimum atomic E-state index is -0.458. The van der Waals surface area contributed by atoms with Crippen molar-refractivity contribution in [3.05, 3.63) is 4.88 Å². The maximum absolute atomic E-state index is 11.5. The lowest BCUT2D eigenvalue weighted by molar-refractivity contribution is 0.0607. The Kier molecular flexibility index (Phi) is 5.73. The number of carbonyl (C=O) groups is 1. The molecule has 0 aliphatic carbocycles. The summed E-state index contributed by atoms with van der Waals surface area (Å²) in [4.78, 5) is 11.8. The van der Waals surface area contributed by atoms with E-state index in [1.807, 2.05) is 0 Å². The Bertz CT molecular complexity index is 406. The van der Waals surface area contributed by atoms with Gasteiger partial charge in [0.25, 0.3) is 0 Å². The number of rotatable bonds is 7. The van der Waals surface area contributed by atoms with Gasteiger partial charge in [-0.3, -0.25) is 0 Å². The Morgan fingerprint density at radius 1 is 1.39 bits per heavy atom. The smallest absolute Gasteiger partial charge is 0.350 e. The first kappa shape index (κ1) is 14.6. The highest BCUT2D eigenvalue weighted by molar-refractivity contribution is 7.19. The Morgan fingerprint density at radius 3 is 2.67 bits per heavy atom. The number of nitrogens with two attached hydrogens (primary N) is 1. The molecule has 6 nitrogen and oxygen atoms in total. The summed E-state index contributed by atoms with van der Waals surface area (Å²) in [5.41, 5.74) is 6.15. The Hall–Kier alpha value is -1.47. The van der Waals surface area contributed by atoms with Gasteiger partial charge in [0.15, 0.2) is 5.75 Å². The summed E-state index contributed by atoms with van der Waals surface area (Å²) in [5.74, 6) is 0.0264. The highest BCUT2D eigenvalue weighted by Gasteiger charge is 2.22. The number of esters is 1. The average Bonchev–Trinajstić information content (AvgIpc) is 2.70. The number of methoxy groups -OCH3 is 3. The van der Waals surface area contributed by atoms with Gasteiger partial charge >= 0.3 is 5.97 Å². The lowest BCUT2D eigenvalue weighted by Gasteiger charge is -2.06. The standard InChI is InChI=1S/C11H18N2O4S/c1-15-6-4-5-13-10-8(16-2)7(12)9(18-10)11(14)17-3/h13H,4-6,12H2,1-3H3. The van der Waals surface area contributed by atoms with Crippen molar-refractivity contribution in [2.75, 3.05) is 45.5 Å².